The molecule has 1 heterocycles. The van der Waals surface area contributed by atoms with Crippen molar-refractivity contribution in [3.8, 4) is 0 Å². The smallest absolute Gasteiger partial charge is 0.0829 e. The molecule has 0 aliphatic carbocycles. The molecule has 1 atom stereocenters. The van der Waals surface area contributed by atoms with Crippen molar-refractivity contribution in [1.29, 1.82) is 0 Å². The normalized spacial score (nSPS) is 14.4. The summed E-state index contributed by atoms with van der Waals surface area (Å²) in [5.41, 5.74) is 6.76. The van der Waals surface area contributed by atoms with E-state index in [9.17, 15) is 0 Å². The molecule has 1 aromatic rings. The molecule has 1 unspecified atom stereocenters. The first-order valence-electron chi connectivity index (χ1n) is 4.85. The summed E-state index contributed by atoms with van der Waals surface area (Å²) in [5.74, 6) is 0. The second-order valence-corrected chi connectivity index (χ2v) is 3.86. The molecule has 0 aliphatic rings. The maximum absolute atomic E-state index is 6.12. The predicted octanol–water partition coefficient (Wildman–Crippen LogP) is 1.33. The summed E-state index contributed by atoms with van der Waals surface area (Å²) in [7, 11) is 1.67. The molecule has 1 rings (SSSR count). The lowest BCUT2D eigenvalue weighted by Crippen LogP contribution is -2.38. The zero-order chi connectivity index (χ0) is 10.8. The first kappa shape index (κ1) is 11.2. The third-order valence-electron chi connectivity index (χ3n) is 2.64. The number of ether oxygens (including phenoxy) is 1. The van der Waals surface area contributed by atoms with Gasteiger partial charge in [0, 0.05) is 19.9 Å². The largest absolute Gasteiger partial charge is 0.377 e. The summed E-state index contributed by atoms with van der Waals surface area (Å²) in [6.45, 7) is 6.83. The number of rotatable bonds is 4. The molecule has 14 heavy (non-hydrogen) atoms. The Balaban J connectivity index is 2.94. The van der Waals surface area contributed by atoms with Gasteiger partial charge in [-0.2, -0.15) is 5.10 Å². The Bertz CT molecular complexity index is 293. The summed E-state index contributed by atoms with van der Waals surface area (Å²) in [6.07, 6.45) is 1.77. The predicted molar refractivity (Wildman–Crippen MR) is 55.9 cm³/mol. The third-order valence-corrected chi connectivity index (χ3v) is 2.64. The van der Waals surface area contributed by atoms with Crippen molar-refractivity contribution in [1.82, 2.24) is 9.78 Å². The zero-order valence-electron chi connectivity index (χ0n) is 9.32. The molecule has 0 saturated carbocycles. The SMILES string of the molecule is CCn1nccc1C(N)C(C)(C)OC. The van der Waals surface area contributed by atoms with Crippen LogP contribution < -0.4 is 5.73 Å². The van der Waals surface area contributed by atoms with Crippen LogP contribution in [0.1, 0.15) is 32.5 Å². The number of hydrogen-bond acceptors (Lipinski definition) is 3. The Morgan fingerprint density at radius 1 is 1.64 bits per heavy atom. The fourth-order valence-corrected chi connectivity index (χ4v) is 1.35. The van der Waals surface area contributed by atoms with Crippen molar-refractivity contribution >= 4 is 0 Å². The van der Waals surface area contributed by atoms with Gasteiger partial charge in [0.2, 0.25) is 0 Å². The van der Waals surface area contributed by atoms with Crippen LogP contribution in [0.4, 0.5) is 0 Å². The number of hydrogen-bond donors (Lipinski definition) is 1. The highest BCUT2D eigenvalue weighted by molar-refractivity contribution is 5.10. The van der Waals surface area contributed by atoms with Gasteiger partial charge in [0.05, 0.1) is 17.3 Å². The van der Waals surface area contributed by atoms with Crippen molar-refractivity contribution in [2.24, 2.45) is 5.73 Å². The summed E-state index contributed by atoms with van der Waals surface area (Å²) >= 11 is 0. The molecule has 0 aliphatic heterocycles. The van der Waals surface area contributed by atoms with Gasteiger partial charge in [-0.05, 0) is 26.8 Å². The number of nitrogens with zero attached hydrogens (tertiary/aromatic N) is 2. The molecule has 1 aromatic heterocycles. The quantitative estimate of drug-likeness (QED) is 0.792. The maximum Gasteiger partial charge on any atom is 0.0829 e. The van der Waals surface area contributed by atoms with Gasteiger partial charge in [0.25, 0.3) is 0 Å². The Morgan fingerprint density at radius 3 is 2.79 bits per heavy atom. The van der Waals surface area contributed by atoms with E-state index in [-0.39, 0.29) is 11.6 Å². The first-order valence-corrected chi connectivity index (χ1v) is 4.85. The third kappa shape index (κ3) is 1.96. The monoisotopic (exact) mass is 197 g/mol. The van der Waals surface area contributed by atoms with Gasteiger partial charge < -0.3 is 10.5 Å². The van der Waals surface area contributed by atoms with Crippen molar-refractivity contribution in [3.05, 3.63) is 18.0 Å². The minimum Gasteiger partial charge on any atom is -0.377 e. The minimum atomic E-state index is -0.368. The van der Waals surface area contributed by atoms with Crippen LogP contribution in [0.25, 0.3) is 0 Å². The lowest BCUT2D eigenvalue weighted by molar-refractivity contribution is -0.00219. The highest BCUT2D eigenvalue weighted by atomic mass is 16.5. The van der Waals surface area contributed by atoms with Gasteiger partial charge in [-0.1, -0.05) is 0 Å². The standard InChI is InChI=1S/C10H19N3O/c1-5-13-8(6-7-12-13)9(11)10(2,3)14-4/h6-7,9H,5,11H2,1-4H3. The van der Waals surface area contributed by atoms with Crippen LogP contribution in [-0.2, 0) is 11.3 Å². The molecule has 2 N–H and O–H groups in total. The molecule has 0 aromatic carbocycles. The van der Waals surface area contributed by atoms with E-state index in [2.05, 4.69) is 5.10 Å². The van der Waals surface area contributed by atoms with Gasteiger partial charge in [-0.15, -0.1) is 0 Å². The van der Waals surface area contributed by atoms with E-state index in [1.54, 1.807) is 13.3 Å². The van der Waals surface area contributed by atoms with Gasteiger partial charge in [-0.3, -0.25) is 4.68 Å². The van der Waals surface area contributed by atoms with Gasteiger partial charge in [-0.25, -0.2) is 0 Å². The molecule has 0 amide bonds. The molecule has 0 radical (unpaired) electrons. The van der Waals surface area contributed by atoms with Crippen molar-refractivity contribution in [2.75, 3.05) is 7.11 Å². The number of methoxy groups -OCH3 is 1. The van der Waals surface area contributed by atoms with Gasteiger partial charge in [0.1, 0.15) is 0 Å². The Kier molecular flexibility index (Phi) is 3.29. The second kappa shape index (κ2) is 4.11. The fourth-order valence-electron chi connectivity index (χ4n) is 1.35. The molecule has 0 spiro atoms. The van der Waals surface area contributed by atoms with E-state index >= 15 is 0 Å². The Labute approximate surface area is 85.0 Å². The lowest BCUT2D eigenvalue weighted by atomic mass is 9.96. The molecule has 80 valence electrons. The van der Waals surface area contributed by atoms with Crippen LogP contribution in [0.2, 0.25) is 0 Å². The van der Waals surface area contributed by atoms with Crippen molar-refractivity contribution in [2.45, 2.75) is 39.0 Å². The molecular weight excluding hydrogens is 178 g/mol. The average Bonchev–Trinajstić information content (AvgIpc) is 2.64. The lowest BCUT2D eigenvalue weighted by Gasteiger charge is -2.30. The highest BCUT2D eigenvalue weighted by Gasteiger charge is 2.29. The summed E-state index contributed by atoms with van der Waals surface area (Å²) < 4.78 is 7.25. The van der Waals surface area contributed by atoms with Crippen LogP contribution >= 0.6 is 0 Å². The van der Waals surface area contributed by atoms with Crippen LogP contribution in [0.15, 0.2) is 12.3 Å². The summed E-state index contributed by atoms with van der Waals surface area (Å²) in [4.78, 5) is 0. The number of aryl methyl sites for hydroxylation is 1. The maximum atomic E-state index is 6.12. The molecule has 0 saturated heterocycles. The highest BCUT2D eigenvalue weighted by Crippen LogP contribution is 2.25. The molecule has 4 nitrogen and oxygen atoms in total. The minimum absolute atomic E-state index is 0.157. The van der Waals surface area contributed by atoms with E-state index in [0.29, 0.717) is 0 Å². The topological polar surface area (TPSA) is 53.1 Å². The van der Waals surface area contributed by atoms with Crippen molar-refractivity contribution < 1.29 is 4.74 Å². The number of aromatic nitrogens is 2. The molecule has 0 fully saturated rings. The van der Waals surface area contributed by atoms with E-state index < -0.39 is 0 Å². The van der Waals surface area contributed by atoms with E-state index in [1.807, 2.05) is 31.5 Å². The van der Waals surface area contributed by atoms with Crippen LogP contribution in [0.3, 0.4) is 0 Å². The second-order valence-electron chi connectivity index (χ2n) is 3.86. The van der Waals surface area contributed by atoms with Crippen molar-refractivity contribution in [3.63, 3.8) is 0 Å². The summed E-state index contributed by atoms with van der Waals surface area (Å²) in [5, 5.41) is 4.18. The van der Waals surface area contributed by atoms with Crippen LogP contribution in [0, 0.1) is 0 Å². The Hall–Kier alpha value is -0.870. The van der Waals surface area contributed by atoms with E-state index in [4.69, 9.17) is 10.5 Å². The average molecular weight is 197 g/mol. The molecule has 0 bridgehead atoms. The van der Waals surface area contributed by atoms with Gasteiger partial charge in [0.15, 0.2) is 0 Å². The van der Waals surface area contributed by atoms with Crippen LogP contribution in [-0.4, -0.2) is 22.5 Å². The van der Waals surface area contributed by atoms with E-state index in [1.165, 1.54) is 0 Å². The fraction of sp³-hybridized carbons (Fsp3) is 0.700. The Morgan fingerprint density at radius 2 is 2.29 bits per heavy atom. The van der Waals surface area contributed by atoms with E-state index in [0.717, 1.165) is 12.2 Å². The zero-order valence-corrected chi connectivity index (χ0v) is 9.32. The molecular formula is C10H19N3O. The summed E-state index contributed by atoms with van der Waals surface area (Å²) in [6, 6.07) is 1.78. The first-order chi connectivity index (χ1) is 6.53. The number of nitrogens with two attached hydrogens (primary N) is 1. The molecule has 4 heteroatoms. The van der Waals surface area contributed by atoms with Gasteiger partial charge >= 0.3 is 0 Å². The van der Waals surface area contributed by atoms with Crippen LogP contribution in [0.5, 0.6) is 0 Å².